The van der Waals surface area contributed by atoms with Crippen molar-refractivity contribution in [3.8, 4) is 5.88 Å². The van der Waals surface area contributed by atoms with Crippen molar-refractivity contribution in [1.82, 2.24) is 15.3 Å². The van der Waals surface area contributed by atoms with Gasteiger partial charge in [0, 0.05) is 26.2 Å². The lowest BCUT2D eigenvalue weighted by molar-refractivity contribution is -0.385. The van der Waals surface area contributed by atoms with E-state index >= 15 is 0 Å². The van der Waals surface area contributed by atoms with Gasteiger partial charge < -0.3 is 15.0 Å². The Bertz CT molecular complexity index is 419. The molecule has 17 heavy (non-hydrogen) atoms. The Balaban J connectivity index is 2.40. The van der Waals surface area contributed by atoms with Gasteiger partial charge in [0.05, 0.1) is 12.0 Å². The summed E-state index contributed by atoms with van der Waals surface area (Å²) in [7, 11) is 1.36. The van der Waals surface area contributed by atoms with E-state index in [1.165, 1.54) is 13.4 Å². The molecule has 0 atom stereocenters. The molecule has 2 rings (SSSR count). The normalized spacial score (nSPS) is 15.7. The molecule has 92 valence electrons. The minimum absolute atomic E-state index is 0.00136. The van der Waals surface area contributed by atoms with E-state index in [9.17, 15) is 10.1 Å². The Kier molecular flexibility index (Phi) is 3.33. The summed E-state index contributed by atoms with van der Waals surface area (Å²) >= 11 is 0. The highest BCUT2D eigenvalue weighted by Crippen LogP contribution is 2.32. The molecule has 0 unspecified atom stereocenters. The summed E-state index contributed by atoms with van der Waals surface area (Å²) in [5.41, 5.74) is -0.170. The standard InChI is InChI=1S/C9H13N5O3/c1-17-9-7(14(15)16)8(11-6-12-9)13-4-2-10-3-5-13/h6,10H,2-5H2,1H3. The van der Waals surface area contributed by atoms with Crippen molar-refractivity contribution < 1.29 is 9.66 Å². The topological polar surface area (TPSA) is 93.4 Å². The van der Waals surface area contributed by atoms with Crippen molar-refractivity contribution in [2.75, 3.05) is 38.2 Å². The van der Waals surface area contributed by atoms with Crippen LogP contribution in [0.1, 0.15) is 0 Å². The SMILES string of the molecule is COc1ncnc(N2CCNCC2)c1[N+](=O)[O-]. The average molecular weight is 239 g/mol. The second-order valence-corrected chi connectivity index (χ2v) is 3.55. The van der Waals surface area contributed by atoms with E-state index in [1.807, 2.05) is 4.90 Å². The minimum Gasteiger partial charge on any atom is -0.476 e. The molecule has 1 aromatic heterocycles. The molecule has 0 saturated carbocycles. The summed E-state index contributed by atoms with van der Waals surface area (Å²) in [5.74, 6) is 0.321. The number of ether oxygens (including phenoxy) is 1. The molecule has 0 aromatic carbocycles. The van der Waals surface area contributed by atoms with Crippen LogP contribution in [0.15, 0.2) is 6.33 Å². The second-order valence-electron chi connectivity index (χ2n) is 3.55. The molecule has 2 heterocycles. The Labute approximate surface area is 97.8 Å². The molecule has 8 nitrogen and oxygen atoms in total. The molecular formula is C9H13N5O3. The predicted molar refractivity (Wildman–Crippen MR) is 60.3 cm³/mol. The molecule has 0 amide bonds. The van der Waals surface area contributed by atoms with E-state index in [4.69, 9.17) is 4.74 Å². The van der Waals surface area contributed by atoms with E-state index in [-0.39, 0.29) is 11.6 Å². The van der Waals surface area contributed by atoms with Gasteiger partial charge >= 0.3 is 5.69 Å². The summed E-state index contributed by atoms with van der Waals surface area (Å²) in [4.78, 5) is 20.2. The molecule has 0 spiro atoms. The molecule has 1 saturated heterocycles. The summed E-state index contributed by atoms with van der Waals surface area (Å²) in [6.07, 6.45) is 1.28. The van der Waals surface area contributed by atoms with Crippen LogP contribution in [-0.4, -0.2) is 48.2 Å². The first-order chi connectivity index (χ1) is 8.24. The van der Waals surface area contributed by atoms with Crippen molar-refractivity contribution in [1.29, 1.82) is 0 Å². The third-order valence-electron chi connectivity index (χ3n) is 2.56. The van der Waals surface area contributed by atoms with Crippen molar-refractivity contribution in [3.63, 3.8) is 0 Å². The molecular weight excluding hydrogens is 226 g/mol. The zero-order chi connectivity index (χ0) is 12.3. The van der Waals surface area contributed by atoms with Crippen LogP contribution in [0, 0.1) is 10.1 Å². The maximum absolute atomic E-state index is 11.0. The summed E-state index contributed by atoms with van der Waals surface area (Å²) in [5, 5.41) is 14.2. The first-order valence-electron chi connectivity index (χ1n) is 5.23. The van der Waals surface area contributed by atoms with Crippen LogP contribution >= 0.6 is 0 Å². The lowest BCUT2D eigenvalue weighted by atomic mass is 10.3. The van der Waals surface area contributed by atoms with Crippen molar-refractivity contribution in [2.24, 2.45) is 0 Å². The monoisotopic (exact) mass is 239 g/mol. The fourth-order valence-electron chi connectivity index (χ4n) is 1.77. The van der Waals surface area contributed by atoms with E-state index < -0.39 is 4.92 Å². The number of methoxy groups -OCH3 is 1. The van der Waals surface area contributed by atoms with Gasteiger partial charge in [-0.05, 0) is 0 Å². The molecule has 0 aliphatic carbocycles. The van der Waals surface area contributed by atoms with Crippen molar-refractivity contribution >= 4 is 11.5 Å². The number of aromatic nitrogens is 2. The zero-order valence-electron chi connectivity index (χ0n) is 9.42. The Morgan fingerprint density at radius 2 is 2.18 bits per heavy atom. The number of hydrogen-bond donors (Lipinski definition) is 1. The lowest BCUT2D eigenvalue weighted by Gasteiger charge is -2.27. The quantitative estimate of drug-likeness (QED) is 0.576. The first kappa shape index (κ1) is 11.5. The highest BCUT2D eigenvalue weighted by Gasteiger charge is 2.28. The van der Waals surface area contributed by atoms with Crippen LogP contribution in [-0.2, 0) is 0 Å². The van der Waals surface area contributed by atoms with Crippen molar-refractivity contribution in [2.45, 2.75) is 0 Å². The molecule has 1 N–H and O–H groups in total. The highest BCUT2D eigenvalue weighted by molar-refractivity contribution is 5.62. The minimum atomic E-state index is -0.504. The largest absolute Gasteiger partial charge is 0.476 e. The van der Waals surface area contributed by atoms with Gasteiger partial charge in [-0.1, -0.05) is 0 Å². The summed E-state index contributed by atoms with van der Waals surface area (Å²) in [6, 6.07) is 0. The average Bonchev–Trinajstić information content (AvgIpc) is 2.38. The Hall–Kier alpha value is -1.96. The van der Waals surface area contributed by atoms with Gasteiger partial charge in [-0.25, -0.2) is 4.98 Å². The van der Waals surface area contributed by atoms with Gasteiger partial charge in [-0.3, -0.25) is 10.1 Å². The van der Waals surface area contributed by atoms with Crippen LogP contribution < -0.4 is 15.0 Å². The van der Waals surface area contributed by atoms with E-state index in [1.54, 1.807) is 0 Å². The van der Waals surface area contributed by atoms with Crippen molar-refractivity contribution in [3.05, 3.63) is 16.4 Å². The van der Waals surface area contributed by atoms with Crippen LogP contribution in [0.2, 0.25) is 0 Å². The van der Waals surface area contributed by atoms with E-state index in [0.717, 1.165) is 13.1 Å². The van der Waals surface area contributed by atoms with Gasteiger partial charge in [0.1, 0.15) is 6.33 Å². The lowest BCUT2D eigenvalue weighted by Crippen LogP contribution is -2.44. The van der Waals surface area contributed by atoms with Crippen LogP contribution in [0.25, 0.3) is 0 Å². The fourth-order valence-corrected chi connectivity index (χ4v) is 1.77. The van der Waals surface area contributed by atoms with E-state index in [2.05, 4.69) is 15.3 Å². The molecule has 0 bridgehead atoms. The van der Waals surface area contributed by atoms with Gasteiger partial charge in [0.2, 0.25) is 5.82 Å². The summed E-state index contributed by atoms with van der Waals surface area (Å²) < 4.78 is 4.90. The molecule has 1 fully saturated rings. The number of rotatable bonds is 3. The molecule has 0 radical (unpaired) electrons. The number of piperazine rings is 1. The number of anilines is 1. The maximum Gasteiger partial charge on any atom is 0.372 e. The third kappa shape index (κ3) is 2.26. The van der Waals surface area contributed by atoms with Gasteiger partial charge in [-0.2, -0.15) is 4.98 Å². The summed E-state index contributed by atoms with van der Waals surface area (Å²) in [6.45, 7) is 2.93. The maximum atomic E-state index is 11.0. The molecule has 1 aliphatic rings. The van der Waals surface area contributed by atoms with E-state index in [0.29, 0.717) is 18.9 Å². The predicted octanol–water partition coefficient (Wildman–Crippen LogP) is -0.197. The van der Waals surface area contributed by atoms with Crippen LogP contribution in [0.3, 0.4) is 0 Å². The highest BCUT2D eigenvalue weighted by atomic mass is 16.6. The first-order valence-corrected chi connectivity index (χ1v) is 5.23. The molecule has 8 heteroatoms. The third-order valence-corrected chi connectivity index (χ3v) is 2.56. The number of nitrogens with one attached hydrogen (secondary N) is 1. The Morgan fingerprint density at radius 1 is 1.47 bits per heavy atom. The van der Waals surface area contributed by atoms with Gasteiger partial charge in [0.25, 0.3) is 5.88 Å². The smallest absolute Gasteiger partial charge is 0.372 e. The zero-order valence-corrected chi connectivity index (χ0v) is 9.42. The van der Waals surface area contributed by atoms with Crippen LogP contribution in [0.4, 0.5) is 11.5 Å². The fraction of sp³-hybridized carbons (Fsp3) is 0.556. The number of nitro groups is 1. The molecule has 1 aromatic rings. The Morgan fingerprint density at radius 3 is 2.76 bits per heavy atom. The van der Waals surface area contributed by atoms with Gasteiger partial charge in [-0.15, -0.1) is 0 Å². The molecule has 1 aliphatic heterocycles. The van der Waals surface area contributed by atoms with Gasteiger partial charge in [0.15, 0.2) is 0 Å². The number of hydrogen-bond acceptors (Lipinski definition) is 7. The van der Waals surface area contributed by atoms with Crippen LogP contribution in [0.5, 0.6) is 5.88 Å². The second kappa shape index (κ2) is 4.91. The number of nitrogens with zero attached hydrogens (tertiary/aromatic N) is 4.